The van der Waals surface area contributed by atoms with E-state index in [2.05, 4.69) is 25.2 Å². The van der Waals surface area contributed by atoms with Crippen LogP contribution in [0, 0.1) is 6.92 Å². The number of piperazine rings is 1. The van der Waals surface area contributed by atoms with Crippen molar-refractivity contribution in [2.45, 2.75) is 13.5 Å². The molecule has 1 amide bonds. The summed E-state index contributed by atoms with van der Waals surface area (Å²) in [4.78, 5) is 30.0. The Morgan fingerprint density at radius 2 is 2.00 bits per heavy atom. The number of pyridine rings is 1. The zero-order valence-corrected chi connectivity index (χ0v) is 15.7. The van der Waals surface area contributed by atoms with Gasteiger partial charge in [-0.3, -0.25) is 4.79 Å². The third-order valence-electron chi connectivity index (χ3n) is 4.62. The van der Waals surface area contributed by atoms with Gasteiger partial charge in [0.15, 0.2) is 0 Å². The smallest absolute Gasteiger partial charge is 0.272 e. The molecule has 28 heavy (non-hydrogen) atoms. The molecule has 3 aromatic rings. The van der Waals surface area contributed by atoms with E-state index in [-0.39, 0.29) is 5.91 Å². The number of anilines is 2. The fourth-order valence-corrected chi connectivity index (χ4v) is 3.20. The molecule has 3 aromatic heterocycles. The number of furan rings is 1. The quantitative estimate of drug-likeness (QED) is 0.729. The molecular formula is C20H22N6O2. The summed E-state index contributed by atoms with van der Waals surface area (Å²) in [5, 5.41) is 3.18. The van der Waals surface area contributed by atoms with E-state index >= 15 is 0 Å². The number of aryl methyl sites for hydroxylation is 1. The zero-order valence-electron chi connectivity index (χ0n) is 15.7. The number of carbonyl (C=O) groups excluding carboxylic acids is 1. The molecule has 1 fully saturated rings. The van der Waals surface area contributed by atoms with Gasteiger partial charge in [0.1, 0.15) is 28.9 Å². The topological polar surface area (TPSA) is 87.4 Å². The van der Waals surface area contributed by atoms with E-state index in [0.29, 0.717) is 37.0 Å². The van der Waals surface area contributed by atoms with Gasteiger partial charge in [0, 0.05) is 38.4 Å². The number of hydrogen-bond donors (Lipinski definition) is 1. The predicted octanol–water partition coefficient (Wildman–Crippen LogP) is 2.35. The second-order valence-electron chi connectivity index (χ2n) is 6.59. The van der Waals surface area contributed by atoms with Crippen LogP contribution in [-0.2, 0) is 6.54 Å². The van der Waals surface area contributed by atoms with Crippen LogP contribution in [-0.4, -0.2) is 51.9 Å². The van der Waals surface area contributed by atoms with E-state index in [1.165, 1.54) is 0 Å². The van der Waals surface area contributed by atoms with Crippen molar-refractivity contribution in [1.29, 1.82) is 0 Å². The van der Waals surface area contributed by atoms with E-state index in [1.807, 2.05) is 35.2 Å². The molecule has 8 nitrogen and oxygen atoms in total. The SMILES string of the molecule is Cc1nc(NCc2ccco2)cc(C(=O)N2CCN(c3ccccn3)CC2)n1. The maximum absolute atomic E-state index is 12.9. The minimum absolute atomic E-state index is 0.0766. The molecule has 0 bridgehead atoms. The molecule has 4 heterocycles. The molecule has 0 aliphatic carbocycles. The summed E-state index contributed by atoms with van der Waals surface area (Å²) in [6.45, 7) is 5.04. The zero-order chi connectivity index (χ0) is 19.3. The van der Waals surface area contributed by atoms with E-state index in [0.717, 1.165) is 24.7 Å². The Morgan fingerprint density at radius 3 is 2.71 bits per heavy atom. The van der Waals surface area contributed by atoms with Gasteiger partial charge in [0.05, 0.1) is 12.8 Å². The molecule has 144 valence electrons. The van der Waals surface area contributed by atoms with Gasteiger partial charge in [-0.25, -0.2) is 15.0 Å². The van der Waals surface area contributed by atoms with Crippen LogP contribution in [0.3, 0.4) is 0 Å². The molecule has 0 spiro atoms. The van der Waals surface area contributed by atoms with Crippen LogP contribution in [0.25, 0.3) is 0 Å². The lowest BCUT2D eigenvalue weighted by atomic mass is 10.2. The lowest BCUT2D eigenvalue weighted by molar-refractivity contribution is 0.0740. The summed E-state index contributed by atoms with van der Waals surface area (Å²) in [5.74, 6) is 2.83. The molecule has 0 aromatic carbocycles. The fourth-order valence-electron chi connectivity index (χ4n) is 3.20. The molecule has 1 N–H and O–H groups in total. The van der Waals surface area contributed by atoms with Crippen molar-refractivity contribution in [3.05, 3.63) is 66.1 Å². The number of aromatic nitrogens is 3. The number of amides is 1. The van der Waals surface area contributed by atoms with Gasteiger partial charge in [-0.05, 0) is 31.2 Å². The first-order valence-electron chi connectivity index (χ1n) is 9.26. The molecule has 1 saturated heterocycles. The average Bonchev–Trinajstić information content (AvgIpc) is 3.26. The van der Waals surface area contributed by atoms with Crippen LogP contribution < -0.4 is 10.2 Å². The molecule has 0 saturated carbocycles. The van der Waals surface area contributed by atoms with E-state index in [1.54, 1.807) is 25.5 Å². The third-order valence-corrected chi connectivity index (χ3v) is 4.62. The fraction of sp³-hybridized carbons (Fsp3) is 0.300. The van der Waals surface area contributed by atoms with Crippen molar-refractivity contribution in [2.75, 3.05) is 36.4 Å². The normalized spacial score (nSPS) is 14.2. The van der Waals surface area contributed by atoms with Gasteiger partial charge < -0.3 is 19.5 Å². The predicted molar refractivity (Wildman–Crippen MR) is 105 cm³/mol. The maximum atomic E-state index is 12.9. The highest BCUT2D eigenvalue weighted by Crippen LogP contribution is 2.16. The molecule has 8 heteroatoms. The molecule has 0 radical (unpaired) electrons. The standard InChI is InChI=1S/C20H22N6O2/c1-15-23-17(13-18(24-15)22-14-16-5-4-12-28-16)20(27)26-10-8-25(9-11-26)19-6-2-3-7-21-19/h2-7,12-13H,8-11,14H2,1H3,(H,22,23,24). The number of nitrogens with zero attached hydrogens (tertiary/aromatic N) is 5. The van der Waals surface area contributed by atoms with Crippen molar-refractivity contribution in [2.24, 2.45) is 0 Å². The van der Waals surface area contributed by atoms with Crippen molar-refractivity contribution < 1.29 is 9.21 Å². The van der Waals surface area contributed by atoms with Gasteiger partial charge in [0.25, 0.3) is 5.91 Å². The van der Waals surface area contributed by atoms with Crippen molar-refractivity contribution in [3.8, 4) is 0 Å². The van der Waals surface area contributed by atoms with Crippen LogP contribution >= 0.6 is 0 Å². The highest BCUT2D eigenvalue weighted by atomic mass is 16.3. The van der Waals surface area contributed by atoms with E-state index < -0.39 is 0 Å². The van der Waals surface area contributed by atoms with Crippen LogP contribution in [0.5, 0.6) is 0 Å². The molecule has 1 aliphatic heterocycles. The Balaban J connectivity index is 1.40. The molecule has 1 aliphatic rings. The highest BCUT2D eigenvalue weighted by Gasteiger charge is 2.24. The second kappa shape index (κ2) is 8.08. The Morgan fingerprint density at radius 1 is 1.14 bits per heavy atom. The largest absolute Gasteiger partial charge is 0.467 e. The van der Waals surface area contributed by atoms with Crippen molar-refractivity contribution in [1.82, 2.24) is 19.9 Å². The minimum Gasteiger partial charge on any atom is -0.467 e. The Hall–Kier alpha value is -3.42. The van der Waals surface area contributed by atoms with Crippen LogP contribution in [0.1, 0.15) is 22.1 Å². The van der Waals surface area contributed by atoms with E-state index in [4.69, 9.17) is 4.42 Å². The first-order valence-corrected chi connectivity index (χ1v) is 9.26. The van der Waals surface area contributed by atoms with Crippen LogP contribution in [0.4, 0.5) is 11.6 Å². The molecule has 0 unspecified atom stereocenters. The number of hydrogen-bond acceptors (Lipinski definition) is 7. The van der Waals surface area contributed by atoms with Gasteiger partial charge in [-0.2, -0.15) is 0 Å². The van der Waals surface area contributed by atoms with Crippen molar-refractivity contribution in [3.63, 3.8) is 0 Å². The number of carbonyl (C=O) groups is 1. The summed E-state index contributed by atoms with van der Waals surface area (Å²) >= 11 is 0. The van der Waals surface area contributed by atoms with Gasteiger partial charge in [-0.1, -0.05) is 6.07 Å². The minimum atomic E-state index is -0.0766. The molecule has 0 atom stereocenters. The highest BCUT2D eigenvalue weighted by molar-refractivity contribution is 5.93. The second-order valence-corrected chi connectivity index (χ2v) is 6.59. The first kappa shape index (κ1) is 18.0. The molecule has 4 rings (SSSR count). The Bertz CT molecular complexity index is 921. The third kappa shape index (κ3) is 4.11. The van der Waals surface area contributed by atoms with Gasteiger partial charge in [0.2, 0.25) is 0 Å². The Labute approximate surface area is 163 Å². The lowest BCUT2D eigenvalue weighted by Crippen LogP contribution is -2.49. The number of nitrogens with one attached hydrogen (secondary N) is 1. The van der Waals surface area contributed by atoms with Crippen LogP contribution in [0.15, 0.2) is 53.3 Å². The lowest BCUT2D eigenvalue weighted by Gasteiger charge is -2.35. The average molecular weight is 378 g/mol. The van der Waals surface area contributed by atoms with E-state index in [9.17, 15) is 4.79 Å². The molecular weight excluding hydrogens is 356 g/mol. The number of rotatable bonds is 5. The summed E-state index contributed by atoms with van der Waals surface area (Å²) in [6, 6.07) is 11.3. The maximum Gasteiger partial charge on any atom is 0.272 e. The summed E-state index contributed by atoms with van der Waals surface area (Å²) in [7, 11) is 0. The summed E-state index contributed by atoms with van der Waals surface area (Å²) < 4.78 is 5.31. The Kier molecular flexibility index (Phi) is 5.18. The van der Waals surface area contributed by atoms with Gasteiger partial charge >= 0.3 is 0 Å². The summed E-state index contributed by atoms with van der Waals surface area (Å²) in [6.07, 6.45) is 3.41. The van der Waals surface area contributed by atoms with Crippen molar-refractivity contribution >= 4 is 17.5 Å². The first-order chi connectivity index (χ1) is 13.7. The summed E-state index contributed by atoms with van der Waals surface area (Å²) in [5.41, 5.74) is 0.403. The van der Waals surface area contributed by atoms with Gasteiger partial charge in [-0.15, -0.1) is 0 Å². The monoisotopic (exact) mass is 378 g/mol. The van der Waals surface area contributed by atoms with Crippen LogP contribution in [0.2, 0.25) is 0 Å².